The number of nitrogen functional groups attached to an aromatic ring is 1. The molecule has 3 N–H and O–H groups in total. The quantitative estimate of drug-likeness (QED) is 0.675. The lowest BCUT2D eigenvalue weighted by atomic mass is 10.1. The Morgan fingerprint density at radius 2 is 1.59 bits per heavy atom. The summed E-state index contributed by atoms with van der Waals surface area (Å²) in [5.74, 6) is 6.44. The zero-order chi connectivity index (χ0) is 15.4. The van der Waals surface area contributed by atoms with E-state index in [9.17, 15) is 5.11 Å². The number of para-hydroxylation sites is 1. The van der Waals surface area contributed by atoms with Crippen molar-refractivity contribution in [2.24, 2.45) is 0 Å². The van der Waals surface area contributed by atoms with Crippen molar-refractivity contribution in [2.45, 2.75) is 0 Å². The van der Waals surface area contributed by atoms with Gasteiger partial charge in [-0.15, -0.1) is 10.2 Å². The van der Waals surface area contributed by atoms with Crippen LogP contribution in [-0.4, -0.2) is 15.3 Å². The Morgan fingerprint density at radius 3 is 2.36 bits per heavy atom. The van der Waals surface area contributed by atoms with Gasteiger partial charge in [0.2, 0.25) is 0 Å². The largest absolute Gasteiger partial charge is 0.507 e. The fourth-order valence-corrected chi connectivity index (χ4v) is 1.98. The van der Waals surface area contributed by atoms with Gasteiger partial charge in [0.15, 0.2) is 5.82 Å². The van der Waals surface area contributed by atoms with Crippen molar-refractivity contribution in [3.05, 3.63) is 71.8 Å². The number of hydrogen-bond donors (Lipinski definition) is 2. The molecule has 1 aromatic heterocycles. The Morgan fingerprint density at radius 1 is 0.864 bits per heavy atom. The van der Waals surface area contributed by atoms with Gasteiger partial charge in [-0.05, 0) is 30.3 Å². The maximum Gasteiger partial charge on any atom is 0.161 e. The van der Waals surface area contributed by atoms with Crippen LogP contribution in [-0.2, 0) is 0 Å². The lowest BCUT2D eigenvalue weighted by molar-refractivity contribution is 0.477. The molecule has 106 valence electrons. The van der Waals surface area contributed by atoms with E-state index in [1.165, 1.54) is 0 Å². The van der Waals surface area contributed by atoms with Crippen LogP contribution in [0.25, 0.3) is 11.3 Å². The van der Waals surface area contributed by atoms with Crippen LogP contribution >= 0.6 is 0 Å². The second kappa shape index (κ2) is 5.98. The summed E-state index contributed by atoms with van der Waals surface area (Å²) < 4.78 is 0. The number of nitrogens with zero attached hydrogens (tertiary/aromatic N) is 2. The summed E-state index contributed by atoms with van der Waals surface area (Å²) in [5, 5.41) is 17.8. The van der Waals surface area contributed by atoms with Gasteiger partial charge < -0.3 is 10.8 Å². The van der Waals surface area contributed by atoms with Crippen molar-refractivity contribution in [1.29, 1.82) is 0 Å². The van der Waals surface area contributed by atoms with Crippen LogP contribution in [0.3, 0.4) is 0 Å². The van der Waals surface area contributed by atoms with E-state index >= 15 is 0 Å². The Labute approximate surface area is 128 Å². The molecule has 0 saturated carbocycles. The first-order valence-corrected chi connectivity index (χ1v) is 6.72. The standard InChI is InChI=1S/C18H13N3O/c19-18-14(11-10-13-6-2-1-3-7-13)12-16(20-21-18)15-8-4-5-9-17(15)22/h1-9,12,22H,(H2,19,21). The van der Waals surface area contributed by atoms with Gasteiger partial charge in [0.1, 0.15) is 5.75 Å². The van der Waals surface area contributed by atoms with Gasteiger partial charge in [-0.3, -0.25) is 0 Å². The Kier molecular flexibility index (Phi) is 3.71. The first-order valence-electron chi connectivity index (χ1n) is 6.72. The molecule has 0 radical (unpaired) electrons. The average molecular weight is 287 g/mol. The van der Waals surface area contributed by atoms with E-state index < -0.39 is 0 Å². The molecule has 0 unspecified atom stereocenters. The molecular weight excluding hydrogens is 274 g/mol. The van der Waals surface area contributed by atoms with Gasteiger partial charge in [-0.2, -0.15) is 0 Å². The lowest BCUT2D eigenvalue weighted by Crippen LogP contribution is -1.99. The normalized spacial score (nSPS) is 9.82. The first kappa shape index (κ1) is 13.7. The molecule has 0 saturated heterocycles. The highest BCUT2D eigenvalue weighted by atomic mass is 16.3. The zero-order valence-electron chi connectivity index (χ0n) is 11.7. The van der Waals surface area contributed by atoms with E-state index in [4.69, 9.17) is 5.73 Å². The van der Waals surface area contributed by atoms with E-state index in [-0.39, 0.29) is 11.6 Å². The molecule has 0 atom stereocenters. The molecule has 0 spiro atoms. The highest BCUT2D eigenvalue weighted by molar-refractivity contribution is 5.69. The van der Waals surface area contributed by atoms with Crippen molar-refractivity contribution < 1.29 is 5.11 Å². The van der Waals surface area contributed by atoms with Crippen LogP contribution in [0.1, 0.15) is 11.1 Å². The van der Waals surface area contributed by atoms with E-state index in [1.807, 2.05) is 36.4 Å². The van der Waals surface area contributed by atoms with Crippen LogP contribution in [0.15, 0.2) is 60.7 Å². The van der Waals surface area contributed by atoms with E-state index in [2.05, 4.69) is 22.0 Å². The van der Waals surface area contributed by atoms with E-state index in [0.29, 0.717) is 16.8 Å². The monoisotopic (exact) mass is 287 g/mol. The lowest BCUT2D eigenvalue weighted by Gasteiger charge is -2.04. The predicted molar refractivity (Wildman–Crippen MR) is 86.0 cm³/mol. The number of hydrogen-bond acceptors (Lipinski definition) is 4. The fraction of sp³-hybridized carbons (Fsp3) is 0. The topological polar surface area (TPSA) is 72.0 Å². The van der Waals surface area contributed by atoms with Gasteiger partial charge in [0, 0.05) is 11.1 Å². The number of rotatable bonds is 1. The fourth-order valence-electron chi connectivity index (χ4n) is 1.98. The van der Waals surface area contributed by atoms with E-state index in [0.717, 1.165) is 5.56 Å². The highest BCUT2D eigenvalue weighted by Gasteiger charge is 2.08. The molecule has 22 heavy (non-hydrogen) atoms. The van der Waals surface area contributed by atoms with Crippen molar-refractivity contribution in [2.75, 3.05) is 5.73 Å². The van der Waals surface area contributed by atoms with Gasteiger partial charge >= 0.3 is 0 Å². The summed E-state index contributed by atoms with van der Waals surface area (Å²) in [6.07, 6.45) is 0. The number of anilines is 1. The molecule has 0 fully saturated rings. The molecule has 3 rings (SSSR count). The van der Waals surface area contributed by atoms with Gasteiger partial charge in [0.05, 0.1) is 11.3 Å². The minimum Gasteiger partial charge on any atom is -0.507 e. The predicted octanol–water partition coefficient (Wildman–Crippen LogP) is 2.83. The zero-order valence-corrected chi connectivity index (χ0v) is 11.7. The smallest absolute Gasteiger partial charge is 0.161 e. The SMILES string of the molecule is Nc1nnc(-c2ccccc2O)cc1C#Cc1ccccc1. The molecule has 0 amide bonds. The molecule has 0 aliphatic carbocycles. The van der Waals surface area contributed by atoms with Gasteiger partial charge in [0.25, 0.3) is 0 Å². The minimum absolute atomic E-state index is 0.142. The number of phenols is 1. The van der Waals surface area contributed by atoms with Crippen molar-refractivity contribution in [3.63, 3.8) is 0 Å². The number of nitrogens with two attached hydrogens (primary N) is 1. The third kappa shape index (κ3) is 2.89. The van der Waals surface area contributed by atoms with Crippen molar-refractivity contribution in [1.82, 2.24) is 10.2 Å². The summed E-state index contributed by atoms with van der Waals surface area (Å²) in [6.45, 7) is 0. The molecule has 4 nitrogen and oxygen atoms in total. The molecular formula is C18H13N3O. The third-order valence-corrected chi connectivity index (χ3v) is 3.12. The molecule has 2 aromatic carbocycles. The first-order chi connectivity index (χ1) is 10.7. The summed E-state index contributed by atoms with van der Waals surface area (Å²) in [5.41, 5.74) is 8.43. The highest BCUT2D eigenvalue weighted by Crippen LogP contribution is 2.27. The molecule has 1 heterocycles. The number of aromatic nitrogens is 2. The number of benzene rings is 2. The molecule has 0 aliphatic heterocycles. The molecule has 0 bridgehead atoms. The number of phenolic OH excluding ortho intramolecular Hbond substituents is 1. The second-order valence-electron chi connectivity index (χ2n) is 4.66. The summed E-state index contributed by atoms with van der Waals surface area (Å²) in [7, 11) is 0. The Bertz CT molecular complexity index is 864. The maximum absolute atomic E-state index is 9.90. The van der Waals surface area contributed by atoms with Crippen LogP contribution in [0, 0.1) is 11.8 Å². The van der Waals surface area contributed by atoms with E-state index in [1.54, 1.807) is 24.3 Å². The second-order valence-corrected chi connectivity index (χ2v) is 4.66. The number of aromatic hydroxyl groups is 1. The third-order valence-electron chi connectivity index (χ3n) is 3.12. The van der Waals surface area contributed by atoms with Crippen LogP contribution < -0.4 is 5.73 Å². The summed E-state index contributed by atoms with van der Waals surface area (Å²) in [6, 6.07) is 18.3. The van der Waals surface area contributed by atoms with Crippen molar-refractivity contribution in [3.8, 4) is 28.8 Å². The van der Waals surface area contributed by atoms with Crippen LogP contribution in [0.4, 0.5) is 5.82 Å². The minimum atomic E-state index is 0.142. The van der Waals surface area contributed by atoms with Gasteiger partial charge in [-0.25, -0.2) is 0 Å². The average Bonchev–Trinajstić information content (AvgIpc) is 2.56. The van der Waals surface area contributed by atoms with Crippen molar-refractivity contribution >= 4 is 5.82 Å². The molecule has 4 heteroatoms. The molecule has 0 aliphatic rings. The van der Waals surface area contributed by atoms with Crippen LogP contribution in [0.5, 0.6) is 5.75 Å². The Balaban J connectivity index is 2.02. The molecule has 3 aromatic rings. The maximum atomic E-state index is 9.90. The Hall–Kier alpha value is -3.32. The summed E-state index contributed by atoms with van der Waals surface area (Å²) in [4.78, 5) is 0. The van der Waals surface area contributed by atoms with Crippen LogP contribution in [0.2, 0.25) is 0 Å². The summed E-state index contributed by atoms with van der Waals surface area (Å²) >= 11 is 0. The van der Waals surface area contributed by atoms with Gasteiger partial charge in [-0.1, -0.05) is 42.2 Å².